The average Bonchev–Trinajstić information content (AvgIpc) is 2.63. The maximum absolute atomic E-state index is 6.11. The molecule has 0 saturated heterocycles. The molecule has 0 bridgehead atoms. The largest absolute Gasteiger partial charge is 0.493 e. The second-order valence-corrected chi connectivity index (χ2v) is 6.45. The van der Waals surface area contributed by atoms with E-state index in [-0.39, 0.29) is 11.6 Å². The zero-order valence-corrected chi connectivity index (χ0v) is 12.9. The summed E-state index contributed by atoms with van der Waals surface area (Å²) in [6, 6.07) is 2.02. The summed E-state index contributed by atoms with van der Waals surface area (Å²) < 4.78 is 12.3. The summed E-state index contributed by atoms with van der Waals surface area (Å²) in [6.07, 6.45) is 1.91. The number of nitrogens with two attached hydrogens (primary N) is 1. The van der Waals surface area contributed by atoms with Crippen LogP contribution in [0.25, 0.3) is 0 Å². The highest BCUT2D eigenvalue weighted by Crippen LogP contribution is 2.44. The van der Waals surface area contributed by atoms with E-state index in [9.17, 15) is 0 Å². The average molecular weight is 314 g/mol. The van der Waals surface area contributed by atoms with Crippen LogP contribution in [0.3, 0.4) is 0 Å². The van der Waals surface area contributed by atoms with E-state index >= 15 is 0 Å². The fourth-order valence-electron chi connectivity index (χ4n) is 2.34. The van der Waals surface area contributed by atoms with Gasteiger partial charge >= 0.3 is 0 Å². The summed E-state index contributed by atoms with van der Waals surface area (Å²) in [7, 11) is 1.67. The van der Waals surface area contributed by atoms with E-state index in [0.717, 1.165) is 28.8 Å². The van der Waals surface area contributed by atoms with Gasteiger partial charge in [-0.3, -0.25) is 0 Å². The number of rotatable bonds is 3. The van der Waals surface area contributed by atoms with Crippen molar-refractivity contribution in [2.75, 3.05) is 7.11 Å². The number of methoxy groups -OCH3 is 1. The van der Waals surface area contributed by atoms with Crippen LogP contribution in [0.15, 0.2) is 10.5 Å². The SMILES string of the molecule is COc1cc(CC(C)(C)N)c(Br)c2c1OC(C)C2. The van der Waals surface area contributed by atoms with Crippen LogP contribution in [-0.2, 0) is 12.8 Å². The Morgan fingerprint density at radius 2 is 2.22 bits per heavy atom. The molecule has 1 unspecified atom stereocenters. The quantitative estimate of drug-likeness (QED) is 0.932. The molecular weight excluding hydrogens is 294 g/mol. The van der Waals surface area contributed by atoms with Crippen molar-refractivity contribution >= 4 is 15.9 Å². The number of halogens is 1. The van der Waals surface area contributed by atoms with Gasteiger partial charge in [-0.25, -0.2) is 0 Å². The highest BCUT2D eigenvalue weighted by molar-refractivity contribution is 9.10. The lowest BCUT2D eigenvalue weighted by Crippen LogP contribution is -2.34. The van der Waals surface area contributed by atoms with Crippen LogP contribution in [0, 0.1) is 0 Å². The van der Waals surface area contributed by atoms with Gasteiger partial charge in [0.1, 0.15) is 6.10 Å². The lowest BCUT2D eigenvalue weighted by Gasteiger charge is -2.21. The fraction of sp³-hybridized carbons (Fsp3) is 0.571. The van der Waals surface area contributed by atoms with E-state index in [0.29, 0.717) is 0 Å². The summed E-state index contributed by atoms with van der Waals surface area (Å²) >= 11 is 3.68. The molecule has 1 aromatic rings. The molecule has 0 fully saturated rings. The van der Waals surface area contributed by atoms with Crippen molar-refractivity contribution in [2.45, 2.75) is 45.3 Å². The maximum atomic E-state index is 6.11. The third-order valence-corrected chi connectivity index (χ3v) is 4.01. The first kappa shape index (κ1) is 13.7. The molecule has 1 aromatic carbocycles. The number of fused-ring (bicyclic) bond motifs is 1. The summed E-state index contributed by atoms with van der Waals surface area (Å²) in [5.74, 6) is 1.67. The third-order valence-electron chi connectivity index (χ3n) is 3.03. The minimum Gasteiger partial charge on any atom is -0.493 e. The van der Waals surface area contributed by atoms with Crippen LogP contribution >= 0.6 is 15.9 Å². The molecule has 0 aromatic heterocycles. The Kier molecular flexibility index (Phi) is 3.60. The van der Waals surface area contributed by atoms with Gasteiger partial charge in [-0.05, 0) is 38.8 Å². The van der Waals surface area contributed by atoms with Gasteiger partial charge in [0.05, 0.1) is 7.11 Å². The van der Waals surface area contributed by atoms with Crippen LogP contribution in [-0.4, -0.2) is 18.8 Å². The predicted molar refractivity (Wildman–Crippen MR) is 76.5 cm³/mol. The van der Waals surface area contributed by atoms with E-state index in [1.807, 2.05) is 19.9 Å². The van der Waals surface area contributed by atoms with Gasteiger partial charge in [0.25, 0.3) is 0 Å². The van der Waals surface area contributed by atoms with Crippen LogP contribution in [0.4, 0.5) is 0 Å². The molecule has 0 radical (unpaired) electrons. The van der Waals surface area contributed by atoms with Gasteiger partial charge < -0.3 is 15.2 Å². The van der Waals surface area contributed by atoms with E-state index in [2.05, 4.69) is 22.9 Å². The topological polar surface area (TPSA) is 44.5 Å². The Balaban J connectivity index is 2.48. The van der Waals surface area contributed by atoms with Crippen molar-refractivity contribution in [3.63, 3.8) is 0 Å². The number of ether oxygens (including phenoxy) is 2. The van der Waals surface area contributed by atoms with Crippen LogP contribution in [0.2, 0.25) is 0 Å². The van der Waals surface area contributed by atoms with Crippen molar-refractivity contribution in [1.29, 1.82) is 0 Å². The van der Waals surface area contributed by atoms with Gasteiger partial charge in [0.2, 0.25) is 0 Å². The van der Waals surface area contributed by atoms with Crippen molar-refractivity contribution in [2.24, 2.45) is 5.73 Å². The molecule has 0 aliphatic carbocycles. The van der Waals surface area contributed by atoms with E-state index in [1.165, 1.54) is 11.1 Å². The summed E-state index contributed by atoms with van der Waals surface area (Å²) in [6.45, 7) is 6.12. The molecule has 3 nitrogen and oxygen atoms in total. The fourth-order valence-corrected chi connectivity index (χ4v) is 2.94. The first-order valence-electron chi connectivity index (χ1n) is 6.15. The molecule has 1 aliphatic rings. The Labute approximate surface area is 117 Å². The molecule has 1 atom stereocenters. The minimum atomic E-state index is -0.243. The van der Waals surface area contributed by atoms with Gasteiger partial charge in [0.15, 0.2) is 11.5 Å². The Bertz CT molecular complexity index is 466. The molecule has 2 N–H and O–H groups in total. The molecule has 0 amide bonds. The lowest BCUT2D eigenvalue weighted by atomic mass is 9.94. The van der Waals surface area contributed by atoms with E-state index < -0.39 is 0 Å². The normalized spacial score (nSPS) is 18.4. The van der Waals surface area contributed by atoms with Crippen LogP contribution in [0.1, 0.15) is 31.9 Å². The predicted octanol–water partition coefficient (Wildman–Crippen LogP) is 3.06. The Morgan fingerprint density at radius 1 is 1.56 bits per heavy atom. The summed E-state index contributed by atoms with van der Waals surface area (Å²) in [5, 5.41) is 0. The first-order valence-corrected chi connectivity index (χ1v) is 6.95. The highest BCUT2D eigenvalue weighted by atomic mass is 79.9. The number of benzene rings is 1. The van der Waals surface area contributed by atoms with Crippen molar-refractivity contribution in [3.8, 4) is 11.5 Å². The van der Waals surface area contributed by atoms with Crippen molar-refractivity contribution < 1.29 is 9.47 Å². The molecule has 1 heterocycles. The van der Waals surface area contributed by atoms with E-state index in [1.54, 1.807) is 7.11 Å². The number of hydrogen-bond donors (Lipinski definition) is 1. The zero-order chi connectivity index (χ0) is 13.5. The van der Waals surface area contributed by atoms with Crippen molar-refractivity contribution in [3.05, 3.63) is 21.7 Å². The highest BCUT2D eigenvalue weighted by Gasteiger charge is 2.28. The molecule has 18 heavy (non-hydrogen) atoms. The molecule has 0 spiro atoms. The zero-order valence-electron chi connectivity index (χ0n) is 11.3. The van der Waals surface area contributed by atoms with E-state index in [4.69, 9.17) is 15.2 Å². The third kappa shape index (κ3) is 2.64. The lowest BCUT2D eigenvalue weighted by molar-refractivity contribution is 0.243. The molecule has 4 heteroatoms. The Morgan fingerprint density at radius 3 is 2.78 bits per heavy atom. The minimum absolute atomic E-state index is 0.200. The molecular formula is C14H20BrNO2. The van der Waals surface area contributed by atoms with Crippen molar-refractivity contribution in [1.82, 2.24) is 0 Å². The number of hydrogen-bond acceptors (Lipinski definition) is 3. The standard InChI is InChI=1S/C14H20BrNO2/c1-8-5-10-12(15)9(7-14(2,3)16)6-11(17-4)13(10)18-8/h6,8H,5,7,16H2,1-4H3. The van der Waals surface area contributed by atoms with Gasteiger partial charge in [-0.1, -0.05) is 15.9 Å². The van der Waals surface area contributed by atoms with Gasteiger partial charge in [-0.2, -0.15) is 0 Å². The van der Waals surface area contributed by atoms with Crippen LogP contribution in [0.5, 0.6) is 11.5 Å². The summed E-state index contributed by atoms with van der Waals surface area (Å²) in [5.41, 5.74) is 8.24. The van der Waals surface area contributed by atoms with Gasteiger partial charge in [0, 0.05) is 22.0 Å². The molecule has 0 saturated carbocycles. The molecule has 100 valence electrons. The second kappa shape index (κ2) is 4.74. The summed E-state index contributed by atoms with van der Waals surface area (Å²) in [4.78, 5) is 0. The monoisotopic (exact) mass is 313 g/mol. The first-order chi connectivity index (χ1) is 8.31. The second-order valence-electron chi connectivity index (χ2n) is 5.66. The van der Waals surface area contributed by atoms with Gasteiger partial charge in [-0.15, -0.1) is 0 Å². The maximum Gasteiger partial charge on any atom is 0.166 e. The molecule has 1 aliphatic heterocycles. The molecule has 2 rings (SSSR count). The smallest absolute Gasteiger partial charge is 0.166 e. The Hall–Kier alpha value is -0.740. The van der Waals surface area contributed by atoms with Crippen LogP contribution < -0.4 is 15.2 Å².